The van der Waals surface area contributed by atoms with Crippen molar-refractivity contribution in [3.8, 4) is 5.75 Å². The zero-order valence-corrected chi connectivity index (χ0v) is 11.3. The van der Waals surface area contributed by atoms with Gasteiger partial charge < -0.3 is 9.84 Å². The highest BCUT2D eigenvalue weighted by Crippen LogP contribution is 2.29. The van der Waals surface area contributed by atoms with Crippen LogP contribution in [0.4, 0.5) is 13.2 Å². The van der Waals surface area contributed by atoms with E-state index in [-0.39, 0.29) is 6.54 Å². The van der Waals surface area contributed by atoms with Crippen LogP contribution in [0.3, 0.4) is 0 Å². The molecule has 0 aliphatic rings. The number of hydrogen-bond donors (Lipinski definition) is 1. The third-order valence-corrected chi connectivity index (χ3v) is 2.90. The molecular weight excluding hydrogens is 285 g/mol. The summed E-state index contributed by atoms with van der Waals surface area (Å²) in [6, 6.07) is 6.74. The van der Waals surface area contributed by atoms with Crippen LogP contribution in [0.5, 0.6) is 5.75 Å². The van der Waals surface area contributed by atoms with Crippen molar-refractivity contribution in [3.63, 3.8) is 0 Å². The van der Waals surface area contributed by atoms with Gasteiger partial charge in [-0.2, -0.15) is 18.3 Å². The number of aromatic nitrogens is 2. The van der Waals surface area contributed by atoms with Gasteiger partial charge in [0.25, 0.3) is 0 Å². The summed E-state index contributed by atoms with van der Waals surface area (Å²) in [5.41, 5.74) is -0.246. The van der Waals surface area contributed by atoms with Gasteiger partial charge in [-0.15, -0.1) is 0 Å². The van der Waals surface area contributed by atoms with Gasteiger partial charge in [-0.05, 0) is 24.6 Å². The maximum absolute atomic E-state index is 12.4. The molecule has 2 rings (SSSR count). The molecule has 0 amide bonds. The summed E-state index contributed by atoms with van der Waals surface area (Å²) < 4.78 is 43.7. The van der Waals surface area contributed by atoms with Crippen LogP contribution >= 0.6 is 0 Å². The molecule has 4 nitrogen and oxygen atoms in total. The van der Waals surface area contributed by atoms with Gasteiger partial charge in [0.05, 0.1) is 31.0 Å². The topological polar surface area (TPSA) is 47.3 Å². The summed E-state index contributed by atoms with van der Waals surface area (Å²) in [5, 5.41) is 13.6. The van der Waals surface area contributed by atoms with Crippen LogP contribution in [-0.4, -0.2) is 21.5 Å². The second kappa shape index (κ2) is 6.17. The lowest BCUT2D eigenvalue weighted by atomic mass is 10.1. The van der Waals surface area contributed by atoms with E-state index in [1.54, 1.807) is 24.3 Å². The van der Waals surface area contributed by atoms with Crippen LogP contribution in [-0.2, 0) is 12.7 Å². The Kier molecular flexibility index (Phi) is 4.52. The molecule has 1 aromatic carbocycles. The second-order valence-electron chi connectivity index (χ2n) is 4.47. The molecule has 0 fully saturated rings. The highest BCUT2D eigenvalue weighted by atomic mass is 19.4. The van der Waals surface area contributed by atoms with E-state index >= 15 is 0 Å². The van der Waals surface area contributed by atoms with Gasteiger partial charge >= 0.3 is 6.18 Å². The monoisotopic (exact) mass is 300 g/mol. The molecular formula is C14H15F3N2O2. The SMILES string of the molecule is CCOc1ccc(C(O)Cn2cc(C(F)(F)F)cn2)cc1. The Morgan fingerprint density at radius 3 is 2.48 bits per heavy atom. The molecule has 1 heterocycles. The summed E-state index contributed by atoms with van der Waals surface area (Å²) in [5.74, 6) is 0.673. The number of alkyl halides is 3. The van der Waals surface area contributed by atoms with Gasteiger partial charge in [0.1, 0.15) is 5.75 Å². The molecule has 114 valence electrons. The predicted molar refractivity (Wildman–Crippen MR) is 69.8 cm³/mol. The van der Waals surface area contributed by atoms with E-state index in [1.165, 1.54) is 0 Å². The number of aliphatic hydroxyl groups is 1. The standard InChI is InChI=1S/C14H15F3N2O2/c1-2-21-12-5-3-10(4-6-12)13(20)9-19-8-11(7-18-19)14(15,16)17/h3-8,13,20H,2,9H2,1H3. The van der Waals surface area contributed by atoms with Gasteiger partial charge in [-0.3, -0.25) is 4.68 Å². The Hall–Kier alpha value is -2.02. The molecule has 0 saturated heterocycles. The molecule has 1 unspecified atom stereocenters. The Morgan fingerprint density at radius 1 is 1.29 bits per heavy atom. The fourth-order valence-electron chi connectivity index (χ4n) is 1.85. The lowest BCUT2D eigenvalue weighted by Crippen LogP contribution is -2.09. The van der Waals surface area contributed by atoms with Gasteiger partial charge in [0.2, 0.25) is 0 Å². The van der Waals surface area contributed by atoms with Gasteiger partial charge in [0, 0.05) is 6.20 Å². The molecule has 0 spiro atoms. The number of ether oxygens (including phenoxy) is 1. The van der Waals surface area contributed by atoms with E-state index in [9.17, 15) is 18.3 Å². The van der Waals surface area contributed by atoms with E-state index in [0.717, 1.165) is 17.1 Å². The summed E-state index contributed by atoms with van der Waals surface area (Å²) >= 11 is 0. The summed E-state index contributed by atoms with van der Waals surface area (Å²) in [6.07, 6.45) is -3.76. The summed E-state index contributed by atoms with van der Waals surface area (Å²) in [6.45, 7) is 2.35. The maximum Gasteiger partial charge on any atom is 0.419 e. The van der Waals surface area contributed by atoms with Crippen molar-refractivity contribution in [2.24, 2.45) is 0 Å². The highest BCUT2D eigenvalue weighted by Gasteiger charge is 2.32. The number of halogens is 3. The Balaban J connectivity index is 2.03. The zero-order chi connectivity index (χ0) is 15.5. The molecule has 21 heavy (non-hydrogen) atoms. The minimum atomic E-state index is -4.43. The van der Waals surface area contributed by atoms with E-state index in [1.807, 2.05) is 6.92 Å². The van der Waals surface area contributed by atoms with Crippen molar-refractivity contribution >= 4 is 0 Å². The average molecular weight is 300 g/mol. The van der Waals surface area contributed by atoms with Crippen molar-refractivity contribution in [2.75, 3.05) is 6.61 Å². The molecule has 1 atom stereocenters. The summed E-state index contributed by atoms with van der Waals surface area (Å²) in [7, 11) is 0. The maximum atomic E-state index is 12.4. The van der Waals surface area contributed by atoms with Crippen molar-refractivity contribution in [2.45, 2.75) is 25.7 Å². The zero-order valence-electron chi connectivity index (χ0n) is 11.3. The first kappa shape index (κ1) is 15.4. The van der Waals surface area contributed by atoms with Gasteiger partial charge in [-0.1, -0.05) is 12.1 Å². The Labute approximate surface area is 119 Å². The fraction of sp³-hybridized carbons (Fsp3) is 0.357. The smallest absolute Gasteiger partial charge is 0.419 e. The van der Waals surface area contributed by atoms with Crippen molar-refractivity contribution in [3.05, 3.63) is 47.8 Å². The van der Waals surface area contributed by atoms with E-state index in [2.05, 4.69) is 5.10 Å². The van der Waals surface area contributed by atoms with Crippen LogP contribution in [0.1, 0.15) is 24.2 Å². The largest absolute Gasteiger partial charge is 0.494 e. The summed E-state index contributed by atoms with van der Waals surface area (Å²) in [4.78, 5) is 0. The molecule has 1 aromatic heterocycles. The minimum absolute atomic E-state index is 0.0515. The minimum Gasteiger partial charge on any atom is -0.494 e. The molecule has 0 bridgehead atoms. The van der Waals surface area contributed by atoms with Crippen LogP contribution in [0.15, 0.2) is 36.7 Å². The molecule has 7 heteroatoms. The number of rotatable bonds is 5. The Morgan fingerprint density at radius 2 is 1.95 bits per heavy atom. The van der Waals surface area contributed by atoms with E-state index in [4.69, 9.17) is 4.74 Å². The lowest BCUT2D eigenvalue weighted by molar-refractivity contribution is -0.137. The molecule has 0 radical (unpaired) electrons. The normalized spacial score (nSPS) is 13.2. The van der Waals surface area contributed by atoms with Crippen LogP contribution in [0.25, 0.3) is 0 Å². The number of hydrogen-bond acceptors (Lipinski definition) is 3. The first-order valence-corrected chi connectivity index (χ1v) is 6.40. The number of benzene rings is 1. The number of nitrogens with zero attached hydrogens (tertiary/aromatic N) is 2. The van der Waals surface area contributed by atoms with Crippen LogP contribution < -0.4 is 4.74 Å². The first-order valence-electron chi connectivity index (χ1n) is 6.40. The molecule has 0 saturated carbocycles. The quantitative estimate of drug-likeness (QED) is 0.923. The van der Waals surface area contributed by atoms with Crippen molar-refractivity contribution in [1.82, 2.24) is 9.78 Å². The van der Waals surface area contributed by atoms with Crippen LogP contribution in [0, 0.1) is 0 Å². The second-order valence-corrected chi connectivity index (χ2v) is 4.47. The molecule has 1 N–H and O–H groups in total. The fourth-order valence-corrected chi connectivity index (χ4v) is 1.85. The highest BCUT2D eigenvalue weighted by molar-refractivity contribution is 5.28. The van der Waals surface area contributed by atoms with Crippen molar-refractivity contribution < 1.29 is 23.0 Å². The molecule has 0 aliphatic heterocycles. The number of aliphatic hydroxyl groups excluding tert-OH is 1. The molecule has 2 aromatic rings. The van der Waals surface area contributed by atoms with Gasteiger partial charge in [0.15, 0.2) is 0 Å². The third-order valence-electron chi connectivity index (χ3n) is 2.90. The van der Waals surface area contributed by atoms with Crippen LogP contribution in [0.2, 0.25) is 0 Å². The van der Waals surface area contributed by atoms with Gasteiger partial charge in [-0.25, -0.2) is 0 Å². The van der Waals surface area contributed by atoms with Crippen molar-refractivity contribution in [1.29, 1.82) is 0 Å². The third kappa shape index (κ3) is 3.98. The average Bonchev–Trinajstić information content (AvgIpc) is 2.88. The molecule has 0 aliphatic carbocycles. The lowest BCUT2D eigenvalue weighted by Gasteiger charge is -2.12. The predicted octanol–water partition coefficient (Wildman–Crippen LogP) is 3.03. The van der Waals surface area contributed by atoms with E-state index < -0.39 is 17.8 Å². The Bertz CT molecular complexity index is 579. The van der Waals surface area contributed by atoms with E-state index in [0.29, 0.717) is 17.9 Å². The first-order chi connectivity index (χ1) is 9.90.